The largest absolute Gasteiger partial charge is 0.494 e. The van der Waals surface area contributed by atoms with Crippen molar-refractivity contribution in [1.82, 2.24) is 10.6 Å². The van der Waals surface area contributed by atoms with Crippen molar-refractivity contribution in [3.63, 3.8) is 0 Å². The number of carbonyl (C=O) groups excluding carboxylic acids is 2. The van der Waals surface area contributed by atoms with Gasteiger partial charge in [-0.2, -0.15) is 0 Å². The summed E-state index contributed by atoms with van der Waals surface area (Å²) in [5, 5.41) is 14.3. The fourth-order valence-corrected chi connectivity index (χ4v) is 2.11. The van der Waals surface area contributed by atoms with Crippen molar-refractivity contribution in [2.45, 2.75) is 26.7 Å². The molecule has 26 heavy (non-hydrogen) atoms. The lowest BCUT2D eigenvalue weighted by Crippen LogP contribution is -2.27. The third kappa shape index (κ3) is 9.03. The topological polar surface area (TPSA) is 87.7 Å². The number of hydrogen-bond donors (Lipinski definition) is 3. The fraction of sp³-hybridized carbons (Fsp3) is 0.400. The first-order chi connectivity index (χ1) is 12.6. The third-order valence-corrected chi connectivity index (χ3v) is 3.56. The van der Waals surface area contributed by atoms with Crippen LogP contribution in [0.2, 0.25) is 0 Å². The molecule has 0 spiro atoms. The third-order valence-electron chi connectivity index (χ3n) is 3.56. The lowest BCUT2D eigenvalue weighted by molar-refractivity contribution is -0.118. The van der Waals surface area contributed by atoms with Crippen LogP contribution in [0.25, 0.3) is 6.08 Å². The highest BCUT2D eigenvalue weighted by atomic mass is 16.5. The fourth-order valence-electron chi connectivity index (χ4n) is 2.11. The van der Waals surface area contributed by atoms with Gasteiger partial charge in [-0.3, -0.25) is 9.59 Å². The highest BCUT2D eigenvalue weighted by Crippen LogP contribution is 2.12. The quantitative estimate of drug-likeness (QED) is 0.416. The molecule has 0 unspecified atom stereocenters. The Morgan fingerprint density at radius 3 is 2.38 bits per heavy atom. The molecule has 1 aromatic rings. The van der Waals surface area contributed by atoms with Gasteiger partial charge in [0.25, 0.3) is 0 Å². The van der Waals surface area contributed by atoms with Gasteiger partial charge in [0, 0.05) is 24.7 Å². The van der Waals surface area contributed by atoms with Gasteiger partial charge >= 0.3 is 0 Å². The van der Waals surface area contributed by atoms with E-state index < -0.39 is 0 Å². The first kappa shape index (κ1) is 21.4. The van der Waals surface area contributed by atoms with Crippen LogP contribution < -0.4 is 15.4 Å². The van der Waals surface area contributed by atoms with Crippen molar-refractivity contribution in [2.24, 2.45) is 0 Å². The summed E-state index contributed by atoms with van der Waals surface area (Å²) in [6, 6.07) is 7.52. The summed E-state index contributed by atoms with van der Waals surface area (Å²) in [6.45, 7) is 5.15. The van der Waals surface area contributed by atoms with Crippen molar-refractivity contribution in [1.29, 1.82) is 0 Å². The van der Waals surface area contributed by atoms with Gasteiger partial charge in [-0.1, -0.05) is 18.2 Å². The monoisotopic (exact) mass is 360 g/mol. The molecule has 142 valence electrons. The van der Waals surface area contributed by atoms with E-state index >= 15 is 0 Å². The summed E-state index contributed by atoms with van der Waals surface area (Å²) in [5.74, 6) is 0.481. The van der Waals surface area contributed by atoms with Crippen LogP contribution in [-0.2, 0) is 9.59 Å². The van der Waals surface area contributed by atoms with E-state index in [1.54, 1.807) is 13.0 Å². The molecule has 6 heteroatoms. The molecule has 2 amide bonds. The van der Waals surface area contributed by atoms with Crippen molar-refractivity contribution >= 4 is 17.9 Å². The van der Waals surface area contributed by atoms with Gasteiger partial charge in [-0.05, 0) is 50.5 Å². The Morgan fingerprint density at radius 2 is 1.77 bits per heavy atom. The molecule has 0 heterocycles. The molecule has 6 nitrogen and oxygen atoms in total. The number of hydrogen-bond acceptors (Lipinski definition) is 4. The molecule has 0 bridgehead atoms. The molecule has 3 N–H and O–H groups in total. The van der Waals surface area contributed by atoms with Crippen LogP contribution in [0.1, 0.15) is 32.3 Å². The first-order valence-corrected chi connectivity index (χ1v) is 8.81. The SMILES string of the molecule is CCOc1ccc(/C=C/C(=O)NCCCCNC(=O)/C(C)=C/CO)cc1. The summed E-state index contributed by atoms with van der Waals surface area (Å²) in [4.78, 5) is 23.3. The van der Waals surface area contributed by atoms with Gasteiger partial charge in [0.1, 0.15) is 5.75 Å². The Hall–Kier alpha value is -2.60. The highest BCUT2D eigenvalue weighted by molar-refractivity contribution is 5.92. The van der Waals surface area contributed by atoms with Crippen LogP contribution >= 0.6 is 0 Å². The summed E-state index contributed by atoms with van der Waals surface area (Å²) in [5.41, 5.74) is 1.43. The first-order valence-electron chi connectivity index (χ1n) is 8.81. The second-order valence-corrected chi connectivity index (χ2v) is 5.66. The Morgan fingerprint density at radius 1 is 1.12 bits per heavy atom. The minimum Gasteiger partial charge on any atom is -0.494 e. The maximum atomic E-state index is 11.8. The highest BCUT2D eigenvalue weighted by Gasteiger charge is 2.02. The summed E-state index contributed by atoms with van der Waals surface area (Å²) >= 11 is 0. The lowest BCUT2D eigenvalue weighted by atomic mass is 10.2. The second kappa shape index (κ2) is 12.7. The standard InChI is InChI=1S/C20H28N2O4/c1-3-26-18-9-6-17(7-10-18)8-11-19(24)21-13-4-5-14-22-20(25)16(2)12-15-23/h6-12,23H,3-5,13-15H2,1-2H3,(H,21,24)(H,22,25)/b11-8+,16-12+. The average molecular weight is 360 g/mol. The molecule has 0 aliphatic rings. The summed E-state index contributed by atoms with van der Waals surface area (Å²) in [6.07, 6.45) is 6.25. The predicted molar refractivity (Wildman–Crippen MR) is 103 cm³/mol. The van der Waals surface area contributed by atoms with E-state index in [0.717, 1.165) is 24.2 Å². The Bertz CT molecular complexity index is 621. The number of ether oxygens (including phenoxy) is 1. The van der Waals surface area contributed by atoms with Crippen molar-refractivity contribution in [3.8, 4) is 5.75 Å². The van der Waals surface area contributed by atoms with Gasteiger partial charge in [0.2, 0.25) is 11.8 Å². The van der Waals surface area contributed by atoms with Crippen LogP contribution in [0.3, 0.4) is 0 Å². The normalized spacial score (nSPS) is 11.4. The number of benzene rings is 1. The second-order valence-electron chi connectivity index (χ2n) is 5.66. The molecular formula is C20H28N2O4. The number of aliphatic hydroxyl groups excluding tert-OH is 1. The predicted octanol–water partition coefficient (Wildman–Crippen LogP) is 2.05. The zero-order valence-electron chi connectivity index (χ0n) is 15.5. The Kier molecular flexibility index (Phi) is 10.5. The minimum absolute atomic E-state index is 0.143. The molecule has 0 saturated heterocycles. The van der Waals surface area contributed by atoms with Gasteiger partial charge in [-0.15, -0.1) is 0 Å². The van der Waals surface area contributed by atoms with Crippen LogP contribution in [0, 0.1) is 0 Å². The van der Waals surface area contributed by atoms with Crippen LogP contribution in [0.5, 0.6) is 5.75 Å². The molecule has 1 aromatic carbocycles. The smallest absolute Gasteiger partial charge is 0.246 e. The molecule has 0 aromatic heterocycles. The van der Waals surface area contributed by atoms with Crippen LogP contribution in [0.4, 0.5) is 0 Å². The van der Waals surface area contributed by atoms with E-state index in [1.165, 1.54) is 12.2 Å². The molecule has 0 aliphatic carbocycles. The maximum absolute atomic E-state index is 11.8. The van der Waals surface area contributed by atoms with Crippen molar-refractivity contribution in [3.05, 3.63) is 47.6 Å². The number of amides is 2. The number of unbranched alkanes of at least 4 members (excludes halogenated alkanes) is 1. The Labute approximate surface area is 154 Å². The van der Waals surface area contributed by atoms with Crippen molar-refractivity contribution < 1.29 is 19.4 Å². The van der Waals surface area contributed by atoms with E-state index in [1.807, 2.05) is 31.2 Å². The van der Waals surface area contributed by atoms with Gasteiger partial charge in [-0.25, -0.2) is 0 Å². The molecule has 0 saturated carbocycles. The van der Waals surface area contributed by atoms with Gasteiger partial charge in [0.05, 0.1) is 13.2 Å². The van der Waals surface area contributed by atoms with Crippen LogP contribution in [0.15, 0.2) is 42.0 Å². The van der Waals surface area contributed by atoms with Gasteiger partial charge < -0.3 is 20.5 Å². The zero-order chi connectivity index (χ0) is 19.2. The minimum atomic E-state index is -0.179. The Balaban J connectivity index is 2.18. The zero-order valence-corrected chi connectivity index (χ0v) is 15.5. The van der Waals surface area contributed by atoms with Gasteiger partial charge in [0.15, 0.2) is 0 Å². The number of aliphatic hydroxyl groups is 1. The number of carbonyl (C=O) groups is 2. The molecule has 0 fully saturated rings. The maximum Gasteiger partial charge on any atom is 0.246 e. The van der Waals surface area contributed by atoms with E-state index in [9.17, 15) is 9.59 Å². The summed E-state index contributed by atoms with van der Waals surface area (Å²) in [7, 11) is 0. The molecule has 0 aliphatic heterocycles. The molecular weight excluding hydrogens is 332 g/mol. The number of nitrogens with one attached hydrogen (secondary N) is 2. The lowest BCUT2D eigenvalue weighted by Gasteiger charge is -2.06. The van der Waals surface area contributed by atoms with E-state index in [2.05, 4.69) is 10.6 Å². The average Bonchev–Trinajstić information content (AvgIpc) is 2.64. The molecule has 1 rings (SSSR count). The molecule has 0 atom stereocenters. The van der Waals surface area contributed by atoms with E-state index in [4.69, 9.17) is 9.84 Å². The number of rotatable bonds is 11. The van der Waals surface area contributed by atoms with E-state index in [-0.39, 0.29) is 18.4 Å². The van der Waals surface area contributed by atoms with Crippen molar-refractivity contribution in [2.75, 3.05) is 26.3 Å². The van der Waals surface area contributed by atoms with E-state index in [0.29, 0.717) is 25.3 Å². The summed E-state index contributed by atoms with van der Waals surface area (Å²) < 4.78 is 5.37. The molecule has 0 radical (unpaired) electrons. The van der Waals surface area contributed by atoms with Crippen LogP contribution in [-0.4, -0.2) is 43.2 Å².